The Bertz CT molecular complexity index is 479. The van der Waals surface area contributed by atoms with Crippen LogP contribution in [0.3, 0.4) is 0 Å². The van der Waals surface area contributed by atoms with Gasteiger partial charge in [-0.25, -0.2) is 0 Å². The molecule has 1 aromatic rings. The van der Waals surface area contributed by atoms with Crippen molar-refractivity contribution in [2.45, 2.75) is 19.3 Å². The fourth-order valence-electron chi connectivity index (χ4n) is 2.95. The molecule has 0 unspecified atom stereocenters. The predicted octanol–water partition coefficient (Wildman–Crippen LogP) is 1.78. The summed E-state index contributed by atoms with van der Waals surface area (Å²) in [5.41, 5.74) is 0.827. The topological polar surface area (TPSA) is 23.3 Å². The van der Waals surface area contributed by atoms with E-state index in [1.165, 1.54) is 31.8 Å². The number of fused-ring (bicyclic) bond motifs is 1. The van der Waals surface area contributed by atoms with Crippen molar-refractivity contribution in [3.8, 4) is 0 Å². The van der Waals surface area contributed by atoms with Crippen molar-refractivity contribution in [3.63, 3.8) is 0 Å². The molecule has 18 heavy (non-hydrogen) atoms. The molecule has 3 heteroatoms. The van der Waals surface area contributed by atoms with Crippen LogP contribution in [0.1, 0.15) is 29.6 Å². The molecule has 0 N–H and O–H groups in total. The summed E-state index contributed by atoms with van der Waals surface area (Å²) in [4.78, 5) is 14.7. The number of benzene rings is 1. The van der Waals surface area contributed by atoms with Crippen molar-refractivity contribution in [2.24, 2.45) is 0 Å². The van der Waals surface area contributed by atoms with E-state index >= 15 is 0 Å². The monoisotopic (exact) mass is 243 g/mol. The lowest BCUT2D eigenvalue weighted by molar-refractivity contribution is -0.525. The molecule has 1 aromatic carbocycles. The minimum atomic E-state index is 0.233. The molecule has 0 spiro atoms. The van der Waals surface area contributed by atoms with Gasteiger partial charge < -0.3 is 0 Å². The van der Waals surface area contributed by atoms with Gasteiger partial charge in [0.1, 0.15) is 6.54 Å². The van der Waals surface area contributed by atoms with Crippen molar-refractivity contribution in [1.29, 1.82) is 0 Å². The molecule has 2 aliphatic rings. The molecule has 1 saturated heterocycles. The van der Waals surface area contributed by atoms with E-state index in [1.807, 2.05) is 30.3 Å². The van der Waals surface area contributed by atoms with Crippen LogP contribution in [-0.4, -0.2) is 47.3 Å². The van der Waals surface area contributed by atoms with E-state index in [2.05, 4.69) is 9.48 Å². The fourth-order valence-corrected chi connectivity index (χ4v) is 2.95. The van der Waals surface area contributed by atoms with E-state index in [1.54, 1.807) is 0 Å². The van der Waals surface area contributed by atoms with Crippen LogP contribution in [0.5, 0.6) is 0 Å². The molecule has 0 bridgehead atoms. The van der Waals surface area contributed by atoms with Crippen LogP contribution in [0.2, 0.25) is 0 Å². The van der Waals surface area contributed by atoms with E-state index in [9.17, 15) is 4.79 Å². The number of nitrogens with zero attached hydrogens (tertiary/aromatic N) is 2. The standard InChI is InChI=1S/C15H19N2O/c18-14(13-6-2-1-3-7-13)12-17-11-5-10-16-9-4-8-15(16)17/h1-3,6-7H,4-5,8-12H2/q+1. The molecule has 0 aliphatic carbocycles. The van der Waals surface area contributed by atoms with E-state index in [0.717, 1.165) is 18.5 Å². The Kier molecular flexibility index (Phi) is 3.13. The van der Waals surface area contributed by atoms with Gasteiger partial charge in [0, 0.05) is 12.0 Å². The molecule has 2 heterocycles. The van der Waals surface area contributed by atoms with Gasteiger partial charge in [-0.15, -0.1) is 0 Å². The van der Waals surface area contributed by atoms with Crippen molar-refractivity contribution < 1.29 is 9.37 Å². The van der Waals surface area contributed by atoms with Crippen LogP contribution >= 0.6 is 0 Å². The molecular formula is C15H19N2O+. The molecule has 3 rings (SSSR count). The normalized spacial score (nSPS) is 19.0. The summed E-state index contributed by atoms with van der Waals surface area (Å²) in [5, 5.41) is 0. The molecule has 1 fully saturated rings. The number of hydrogen-bond donors (Lipinski definition) is 0. The summed E-state index contributed by atoms with van der Waals surface area (Å²) >= 11 is 0. The van der Waals surface area contributed by atoms with E-state index in [0.29, 0.717) is 6.54 Å². The zero-order chi connectivity index (χ0) is 12.4. The van der Waals surface area contributed by atoms with Gasteiger partial charge in [0.15, 0.2) is 0 Å². The third kappa shape index (κ3) is 2.17. The second-order valence-electron chi connectivity index (χ2n) is 5.07. The van der Waals surface area contributed by atoms with Gasteiger partial charge in [0.05, 0.1) is 26.1 Å². The molecule has 0 aromatic heterocycles. The van der Waals surface area contributed by atoms with Gasteiger partial charge in [-0.2, -0.15) is 0 Å². The highest BCUT2D eigenvalue weighted by Crippen LogP contribution is 2.16. The lowest BCUT2D eigenvalue weighted by Crippen LogP contribution is -2.42. The fraction of sp³-hybridized carbons (Fsp3) is 0.467. The summed E-state index contributed by atoms with van der Waals surface area (Å²) in [6.45, 7) is 3.91. The molecular weight excluding hydrogens is 224 g/mol. The first-order chi connectivity index (χ1) is 8.84. The number of ketones is 1. The van der Waals surface area contributed by atoms with E-state index in [4.69, 9.17) is 0 Å². The van der Waals surface area contributed by atoms with Gasteiger partial charge in [-0.3, -0.25) is 14.3 Å². The first kappa shape index (κ1) is 11.5. The van der Waals surface area contributed by atoms with Crippen LogP contribution in [-0.2, 0) is 0 Å². The van der Waals surface area contributed by atoms with Gasteiger partial charge in [-0.05, 0) is 6.42 Å². The van der Waals surface area contributed by atoms with Crippen molar-refractivity contribution in [1.82, 2.24) is 4.90 Å². The number of rotatable bonds is 3. The highest BCUT2D eigenvalue weighted by molar-refractivity contribution is 5.97. The predicted molar refractivity (Wildman–Crippen MR) is 71.2 cm³/mol. The summed E-state index contributed by atoms with van der Waals surface area (Å²) in [7, 11) is 0. The zero-order valence-electron chi connectivity index (χ0n) is 10.6. The van der Waals surface area contributed by atoms with Gasteiger partial charge in [0.25, 0.3) is 0 Å². The maximum absolute atomic E-state index is 12.2. The Morgan fingerprint density at radius 1 is 1.17 bits per heavy atom. The van der Waals surface area contributed by atoms with Crippen LogP contribution < -0.4 is 0 Å². The lowest BCUT2D eigenvalue weighted by atomic mass is 10.1. The lowest BCUT2D eigenvalue weighted by Gasteiger charge is -2.21. The molecule has 2 aliphatic heterocycles. The number of Topliss-reactive ketones (excluding diaryl/α,β-unsaturated/α-hetero) is 1. The number of carbonyl (C=O) groups is 1. The minimum absolute atomic E-state index is 0.233. The largest absolute Gasteiger partial charge is 0.290 e. The van der Waals surface area contributed by atoms with Crippen molar-refractivity contribution in [2.75, 3.05) is 26.2 Å². The van der Waals surface area contributed by atoms with Crippen LogP contribution in [0.4, 0.5) is 0 Å². The Morgan fingerprint density at radius 2 is 1.94 bits per heavy atom. The second-order valence-corrected chi connectivity index (χ2v) is 5.07. The second kappa shape index (κ2) is 4.92. The first-order valence-corrected chi connectivity index (χ1v) is 6.78. The van der Waals surface area contributed by atoms with Gasteiger partial charge >= 0.3 is 0 Å². The summed E-state index contributed by atoms with van der Waals surface area (Å²) in [6.07, 6.45) is 3.55. The Balaban J connectivity index is 1.78. The van der Waals surface area contributed by atoms with Crippen molar-refractivity contribution in [3.05, 3.63) is 35.9 Å². The third-order valence-electron chi connectivity index (χ3n) is 3.84. The van der Waals surface area contributed by atoms with Crippen LogP contribution in [0.15, 0.2) is 30.3 Å². The van der Waals surface area contributed by atoms with Crippen molar-refractivity contribution >= 4 is 11.6 Å². The zero-order valence-corrected chi connectivity index (χ0v) is 10.6. The molecule has 0 atom stereocenters. The molecule has 0 radical (unpaired) electrons. The third-order valence-corrected chi connectivity index (χ3v) is 3.84. The summed E-state index contributed by atoms with van der Waals surface area (Å²) < 4.78 is 2.28. The minimum Gasteiger partial charge on any atom is -0.290 e. The summed E-state index contributed by atoms with van der Waals surface area (Å²) in [5.74, 6) is 1.63. The smallest absolute Gasteiger partial charge is 0.247 e. The number of hydrogen-bond acceptors (Lipinski definition) is 2. The van der Waals surface area contributed by atoms with Crippen LogP contribution in [0.25, 0.3) is 0 Å². The maximum Gasteiger partial charge on any atom is 0.247 e. The summed E-state index contributed by atoms with van der Waals surface area (Å²) in [6, 6.07) is 9.62. The number of carbonyl (C=O) groups excluding carboxylic acids is 1. The SMILES string of the molecule is O=C(C[N+]1=C2CCCN2CCC1)c1ccccc1. The van der Waals surface area contributed by atoms with Gasteiger partial charge in [0.2, 0.25) is 11.6 Å². The average molecular weight is 243 g/mol. The number of amidine groups is 1. The van der Waals surface area contributed by atoms with E-state index < -0.39 is 0 Å². The Morgan fingerprint density at radius 3 is 2.78 bits per heavy atom. The Hall–Kier alpha value is -1.64. The van der Waals surface area contributed by atoms with Crippen LogP contribution in [0, 0.1) is 0 Å². The maximum atomic E-state index is 12.2. The molecule has 0 amide bonds. The molecule has 94 valence electrons. The quantitative estimate of drug-likeness (QED) is 0.597. The highest BCUT2D eigenvalue weighted by Gasteiger charge is 2.32. The average Bonchev–Trinajstić information content (AvgIpc) is 2.89. The van der Waals surface area contributed by atoms with Gasteiger partial charge in [-0.1, -0.05) is 30.3 Å². The molecule has 3 nitrogen and oxygen atoms in total. The Labute approximate surface area is 108 Å². The molecule has 0 saturated carbocycles. The highest BCUT2D eigenvalue weighted by atomic mass is 16.1. The first-order valence-electron chi connectivity index (χ1n) is 6.78. The van der Waals surface area contributed by atoms with E-state index in [-0.39, 0.29) is 5.78 Å².